The molecular weight excluding hydrogens is 330 g/mol. The van der Waals surface area contributed by atoms with E-state index in [9.17, 15) is 10.3 Å². The summed E-state index contributed by atoms with van der Waals surface area (Å²) in [6.07, 6.45) is 1.67. The topological polar surface area (TPSA) is 84.2 Å². The predicted octanol–water partition coefficient (Wildman–Crippen LogP) is 2.70. The highest BCUT2D eigenvalue weighted by Gasteiger charge is 2.22. The lowest BCUT2D eigenvalue weighted by atomic mass is 10.0. The van der Waals surface area contributed by atoms with Gasteiger partial charge in [-0.05, 0) is 35.7 Å². The summed E-state index contributed by atoms with van der Waals surface area (Å²) in [5.74, 6) is 1.67. The van der Waals surface area contributed by atoms with Crippen molar-refractivity contribution in [3.8, 4) is 5.75 Å². The average Bonchev–Trinajstić information content (AvgIpc) is 2.67. The smallest absolute Gasteiger partial charge is 0.223 e. The largest absolute Gasteiger partial charge is 0.504 e. The third-order valence-corrected chi connectivity index (χ3v) is 4.54. The minimum Gasteiger partial charge on any atom is -0.504 e. The van der Waals surface area contributed by atoms with E-state index in [1.54, 1.807) is 18.3 Å². The van der Waals surface area contributed by atoms with Crippen molar-refractivity contribution in [2.24, 2.45) is 4.99 Å². The van der Waals surface area contributed by atoms with Gasteiger partial charge in [0.25, 0.3) is 0 Å². The highest BCUT2D eigenvalue weighted by Crippen LogP contribution is 2.24. The highest BCUT2D eigenvalue weighted by atomic mass is 16.5. The second kappa shape index (κ2) is 8.05. The van der Waals surface area contributed by atoms with Crippen LogP contribution in [-0.4, -0.2) is 52.3 Å². The lowest BCUT2D eigenvalue weighted by molar-refractivity contribution is 0.207. The summed E-state index contributed by atoms with van der Waals surface area (Å²) in [5.41, 5.74) is 4.26. The Morgan fingerprint density at radius 1 is 1.12 bits per heavy atom. The number of nitrogens with zero attached hydrogens (tertiary/aromatic N) is 4. The van der Waals surface area contributed by atoms with Crippen LogP contribution in [0.5, 0.6) is 5.75 Å². The van der Waals surface area contributed by atoms with Crippen molar-refractivity contribution in [1.82, 2.24) is 15.4 Å². The maximum atomic E-state index is 9.95. The molecule has 1 aromatic carbocycles. The molecule has 26 heavy (non-hydrogen) atoms. The monoisotopic (exact) mass is 355 g/mol. The molecule has 1 aliphatic heterocycles. The zero-order valence-corrected chi connectivity index (χ0v) is 15.1. The number of guanidine groups is 1. The van der Waals surface area contributed by atoms with Crippen LogP contribution in [0.2, 0.25) is 0 Å². The Bertz CT molecular complexity index is 753. The number of aromatic hydroxyl groups is 1. The molecule has 3 rings (SSSR count). The van der Waals surface area contributed by atoms with Crippen LogP contribution in [0.15, 0.2) is 47.6 Å². The number of hydroxylamine groups is 1. The summed E-state index contributed by atoms with van der Waals surface area (Å²) in [4.78, 5) is 12.8. The summed E-state index contributed by atoms with van der Waals surface area (Å²) in [7, 11) is 0. The number of hydrogen-bond donors (Lipinski definition) is 3. The molecule has 0 aliphatic carbocycles. The van der Waals surface area contributed by atoms with E-state index >= 15 is 0 Å². The summed E-state index contributed by atoms with van der Waals surface area (Å²) < 4.78 is 0. The Morgan fingerprint density at radius 3 is 2.38 bits per heavy atom. The summed E-state index contributed by atoms with van der Waals surface area (Å²) in [5, 5.41) is 19.5. The number of anilines is 1. The molecule has 3 N–H and O–H groups in total. The molecule has 7 heteroatoms. The van der Waals surface area contributed by atoms with Crippen LogP contribution in [0.25, 0.3) is 0 Å². The number of piperazine rings is 1. The molecule has 2 heterocycles. The van der Waals surface area contributed by atoms with Gasteiger partial charge in [-0.1, -0.05) is 26.0 Å². The van der Waals surface area contributed by atoms with Crippen molar-refractivity contribution >= 4 is 17.5 Å². The minimum absolute atomic E-state index is 0.181. The number of aliphatic imine (C=N–C) groups is 1. The van der Waals surface area contributed by atoms with Crippen LogP contribution in [0.1, 0.15) is 25.3 Å². The Kier molecular flexibility index (Phi) is 5.58. The third kappa shape index (κ3) is 4.05. The van der Waals surface area contributed by atoms with Gasteiger partial charge in [-0.3, -0.25) is 5.21 Å². The Morgan fingerprint density at radius 2 is 1.81 bits per heavy atom. The van der Waals surface area contributed by atoms with Crippen molar-refractivity contribution in [2.75, 3.05) is 31.1 Å². The summed E-state index contributed by atoms with van der Waals surface area (Å²) >= 11 is 0. The van der Waals surface area contributed by atoms with E-state index in [2.05, 4.69) is 41.4 Å². The second-order valence-corrected chi connectivity index (χ2v) is 6.61. The van der Waals surface area contributed by atoms with E-state index in [-0.39, 0.29) is 5.75 Å². The molecule has 1 fully saturated rings. The molecule has 0 radical (unpaired) electrons. The molecule has 2 aromatic rings. The molecule has 1 aliphatic rings. The number of nitrogens with one attached hydrogen (secondary N) is 1. The first kappa shape index (κ1) is 18.0. The van der Waals surface area contributed by atoms with Gasteiger partial charge in [-0.25, -0.2) is 15.5 Å². The molecule has 0 bridgehead atoms. The van der Waals surface area contributed by atoms with Gasteiger partial charge in [0, 0.05) is 32.4 Å². The first-order valence-corrected chi connectivity index (χ1v) is 8.81. The number of aromatic nitrogens is 1. The number of hydrogen-bond acceptors (Lipinski definition) is 5. The van der Waals surface area contributed by atoms with Crippen LogP contribution in [0, 0.1) is 0 Å². The van der Waals surface area contributed by atoms with E-state index < -0.39 is 0 Å². The molecule has 7 nitrogen and oxygen atoms in total. The Balaban J connectivity index is 1.67. The van der Waals surface area contributed by atoms with E-state index in [0.29, 0.717) is 43.9 Å². The molecule has 1 saturated heterocycles. The van der Waals surface area contributed by atoms with E-state index in [0.717, 1.165) is 5.69 Å². The van der Waals surface area contributed by atoms with Gasteiger partial charge in [0.15, 0.2) is 11.6 Å². The van der Waals surface area contributed by atoms with Crippen molar-refractivity contribution in [3.05, 3.63) is 48.2 Å². The molecule has 0 atom stereocenters. The predicted molar refractivity (Wildman–Crippen MR) is 102 cm³/mol. The first-order chi connectivity index (χ1) is 12.6. The average molecular weight is 355 g/mol. The maximum absolute atomic E-state index is 9.95. The lowest BCUT2D eigenvalue weighted by Crippen LogP contribution is -2.52. The molecule has 138 valence electrons. The second-order valence-electron chi connectivity index (χ2n) is 6.61. The van der Waals surface area contributed by atoms with Gasteiger partial charge < -0.3 is 14.9 Å². The van der Waals surface area contributed by atoms with Crippen molar-refractivity contribution < 1.29 is 10.3 Å². The van der Waals surface area contributed by atoms with E-state index in [4.69, 9.17) is 0 Å². The van der Waals surface area contributed by atoms with Gasteiger partial charge in [0.1, 0.15) is 0 Å². The molecule has 0 spiro atoms. The SMILES string of the molecule is CC(C)c1ccc(N=C(NO)N2CCN(c3ncccc3O)CC2)cc1. The fourth-order valence-corrected chi connectivity index (χ4v) is 2.98. The molecule has 0 amide bonds. The van der Waals surface area contributed by atoms with Crippen molar-refractivity contribution in [1.29, 1.82) is 0 Å². The van der Waals surface area contributed by atoms with Crippen molar-refractivity contribution in [2.45, 2.75) is 19.8 Å². The van der Waals surface area contributed by atoms with Gasteiger partial charge in [-0.2, -0.15) is 0 Å². The van der Waals surface area contributed by atoms with Crippen LogP contribution >= 0.6 is 0 Å². The number of pyridine rings is 1. The maximum Gasteiger partial charge on any atom is 0.223 e. The zero-order valence-electron chi connectivity index (χ0n) is 15.1. The Hall–Kier alpha value is -2.80. The standard InChI is InChI=1S/C19H25N5O2/c1-14(2)15-5-7-16(8-6-15)21-19(22-26)24-12-10-23(11-13-24)18-17(25)4-3-9-20-18/h3-9,14,25-26H,10-13H2,1-2H3,(H,21,22). The molecule has 1 aromatic heterocycles. The third-order valence-electron chi connectivity index (χ3n) is 4.54. The quantitative estimate of drug-likeness (QED) is 0.446. The normalized spacial score (nSPS) is 15.5. The van der Waals surface area contributed by atoms with Gasteiger partial charge >= 0.3 is 0 Å². The van der Waals surface area contributed by atoms with Gasteiger partial charge in [0.2, 0.25) is 5.96 Å². The minimum atomic E-state index is 0.181. The van der Waals surface area contributed by atoms with Crippen LogP contribution in [0.3, 0.4) is 0 Å². The van der Waals surface area contributed by atoms with Gasteiger partial charge in [0.05, 0.1) is 5.69 Å². The fraction of sp³-hybridized carbons (Fsp3) is 0.368. The van der Waals surface area contributed by atoms with E-state index in [1.807, 2.05) is 21.9 Å². The fourth-order valence-electron chi connectivity index (χ4n) is 2.98. The first-order valence-electron chi connectivity index (χ1n) is 8.81. The van der Waals surface area contributed by atoms with Crippen LogP contribution < -0.4 is 10.4 Å². The highest BCUT2D eigenvalue weighted by molar-refractivity contribution is 5.82. The van der Waals surface area contributed by atoms with Gasteiger partial charge in [-0.15, -0.1) is 0 Å². The number of rotatable bonds is 3. The molecule has 0 saturated carbocycles. The lowest BCUT2D eigenvalue weighted by Gasteiger charge is -2.36. The van der Waals surface area contributed by atoms with Crippen LogP contribution in [0.4, 0.5) is 11.5 Å². The zero-order chi connectivity index (χ0) is 18.5. The van der Waals surface area contributed by atoms with Crippen molar-refractivity contribution in [3.63, 3.8) is 0 Å². The Labute approximate surface area is 153 Å². The molecular formula is C19H25N5O2. The van der Waals surface area contributed by atoms with Crippen LogP contribution in [-0.2, 0) is 0 Å². The summed E-state index contributed by atoms with van der Waals surface area (Å²) in [6, 6.07) is 11.4. The van der Waals surface area contributed by atoms with E-state index in [1.165, 1.54) is 5.56 Å². The number of benzene rings is 1. The molecule has 0 unspecified atom stereocenters. The summed E-state index contributed by atoms with van der Waals surface area (Å²) in [6.45, 7) is 6.98.